The number of carbonyl (C=O) groups excluding carboxylic acids is 16. The number of aliphatic imine (C=N–C) groups is 3. The smallest absolute Gasteiger partial charge is 0.245 e. The number of aliphatic hydroxyl groups is 2. The van der Waals surface area contributed by atoms with Crippen molar-refractivity contribution in [3.63, 3.8) is 0 Å². The number of primary amides is 1. The van der Waals surface area contributed by atoms with Crippen LogP contribution in [0.2, 0.25) is 0 Å². The summed E-state index contributed by atoms with van der Waals surface area (Å²) in [4.78, 5) is 239. The second kappa shape index (κ2) is 65.3. The van der Waals surface area contributed by atoms with E-state index in [-0.39, 0.29) is 173 Å². The first-order valence-corrected chi connectivity index (χ1v) is 44.8. The zero-order valence-electron chi connectivity index (χ0n) is 76.3. The molecule has 1 aromatic heterocycles. The van der Waals surface area contributed by atoms with E-state index in [0.29, 0.717) is 80.8 Å². The van der Waals surface area contributed by atoms with Crippen molar-refractivity contribution in [3.05, 3.63) is 36.0 Å². The Morgan fingerprint density at radius 3 is 0.780 bits per heavy atom. The van der Waals surface area contributed by atoms with Crippen LogP contribution in [0, 0.1) is 0 Å². The summed E-state index contributed by atoms with van der Waals surface area (Å²) in [7, 11) is 0. The molecule has 2 aromatic rings. The van der Waals surface area contributed by atoms with E-state index in [9.17, 15) is 82.1 Å². The summed E-state index contributed by atoms with van der Waals surface area (Å²) >= 11 is 0. The molecule has 2 rings (SSSR count). The minimum atomic E-state index is -1.79. The van der Waals surface area contributed by atoms with Crippen LogP contribution in [0.3, 0.4) is 0 Å². The molecule has 0 fully saturated rings. The molecule has 50 heteroatoms. The number of aliphatic hydroxyl groups excluding tert-OH is 2. The third-order valence-corrected chi connectivity index (χ3v) is 20.9. The lowest BCUT2D eigenvalue weighted by atomic mass is 10.0. The number of amides is 16. The molecule has 132 heavy (non-hydrogen) atoms. The third-order valence-electron chi connectivity index (χ3n) is 20.9. The molecule has 1 heterocycles. The maximum atomic E-state index is 15.1. The van der Waals surface area contributed by atoms with Crippen molar-refractivity contribution in [3.8, 4) is 0 Å². The average molecular weight is 1870 g/mol. The Hall–Kier alpha value is -12.2. The molecule has 0 radical (unpaired) electrons. The van der Waals surface area contributed by atoms with Gasteiger partial charge in [0.05, 0.1) is 13.2 Å². The Morgan fingerprint density at radius 2 is 0.523 bits per heavy atom. The van der Waals surface area contributed by atoms with Gasteiger partial charge in [0, 0.05) is 50.1 Å². The van der Waals surface area contributed by atoms with E-state index in [1.807, 2.05) is 0 Å². The lowest BCUT2D eigenvalue weighted by Gasteiger charge is -2.28. The Bertz CT molecular complexity index is 4070. The fraction of sp³-hybridized carbons (Fsp3) is 0.671. The molecular formula is C82H148N32O18. The van der Waals surface area contributed by atoms with Gasteiger partial charge in [0.1, 0.15) is 90.6 Å². The van der Waals surface area contributed by atoms with Crippen LogP contribution in [0.15, 0.2) is 45.4 Å². The maximum absolute atomic E-state index is 15.1. The van der Waals surface area contributed by atoms with E-state index < -0.39 is 198 Å². The Kier molecular flexibility index (Phi) is 57.3. The van der Waals surface area contributed by atoms with Crippen LogP contribution in [0.4, 0.5) is 0 Å². The fourth-order valence-corrected chi connectivity index (χ4v) is 13.5. The van der Waals surface area contributed by atoms with E-state index in [2.05, 4.69) is 99.7 Å². The number of hydrogen-bond acceptors (Lipinski definition) is 27. The molecule has 0 saturated heterocycles. The highest BCUT2D eigenvalue weighted by atomic mass is 16.3. The summed E-state index contributed by atoms with van der Waals surface area (Å²) in [5.74, 6) is -15.1. The molecule has 0 aliphatic heterocycles. The van der Waals surface area contributed by atoms with E-state index in [1.165, 1.54) is 27.7 Å². The molecule has 15 atom stereocenters. The molecule has 0 unspecified atom stereocenters. The Morgan fingerprint density at radius 1 is 0.295 bits per heavy atom. The number of nitrogens with one attached hydrogen (secondary N) is 16. The highest BCUT2D eigenvalue weighted by Crippen LogP contribution is 2.21. The summed E-state index contributed by atoms with van der Waals surface area (Å²) in [5, 5.41) is 59.6. The lowest BCUT2D eigenvalue weighted by Crippen LogP contribution is -2.61. The highest BCUT2D eigenvalue weighted by Gasteiger charge is 2.38. The summed E-state index contributed by atoms with van der Waals surface area (Å²) in [6.07, 6.45) is 5.20. The predicted molar refractivity (Wildman–Crippen MR) is 494 cm³/mol. The van der Waals surface area contributed by atoms with E-state index in [1.54, 1.807) is 30.5 Å². The monoisotopic (exact) mass is 1870 g/mol. The molecule has 0 aliphatic carbocycles. The number of nitrogens with two attached hydrogens (primary N) is 13. The number of nitrogens with zero attached hydrogens (tertiary/aromatic N) is 3. The normalized spacial score (nSPS) is 14.5. The minimum absolute atomic E-state index is 0.0142. The Labute approximate surface area is 768 Å². The first-order chi connectivity index (χ1) is 62.8. The number of carbonyl (C=O) groups is 16. The van der Waals surface area contributed by atoms with Gasteiger partial charge in [-0.1, -0.05) is 18.2 Å². The first-order valence-electron chi connectivity index (χ1n) is 44.8. The number of unbranched alkanes of at least 4 members (excludes halogenated alkanes) is 6. The number of para-hydroxylation sites is 1. The molecule has 744 valence electrons. The number of rotatable bonds is 70. The number of guanidine groups is 3. The van der Waals surface area contributed by atoms with Crippen LogP contribution in [-0.4, -0.2) is 290 Å². The van der Waals surface area contributed by atoms with Gasteiger partial charge in [0.15, 0.2) is 17.9 Å². The van der Waals surface area contributed by atoms with E-state index in [0.717, 1.165) is 0 Å². The molecule has 0 saturated carbocycles. The number of aromatic amines is 1. The molecule has 50 nitrogen and oxygen atoms in total. The minimum Gasteiger partial charge on any atom is -0.394 e. The number of aromatic nitrogens is 1. The van der Waals surface area contributed by atoms with Crippen molar-refractivity contribution < 1.29 is 86.9 Å². The van der Waals surface area contributed by atoms with Crippen molar-refractivity contribution in [1.82, 2.24) is 84.7 Å². The van der Waals surface area contributed by atoms with Gasteiger partial charge < -0.3 is 169 Å². The average Bonchev–Trinajstić information content (AvgIpc) is 1.67. The van der Waals surface area contributed by atoms with Crippen LogP contribution in [-0.2, 0) is 83.1 Å². The second-order valence-electron chi connectivity index (χ2n) is 32.0. The van der Waals surface area contributed by atoms with E-state index in [4.69, 9.17) is 74.5 Å². The summed E-state index contributed by atoms with van der Waals surface area (Å²) in [6, 6.07) is -14.5. The van der Waals surface area contributed by atoms with Gasteiger partial charge in [-0.2, -0.15) is 0 Å². The maximum Gasteiger partial charge on any atom is 0.245 e. The standard InChI is InChI=1S/C82H148N32O18/c1-46(66(119)112-62(42-50-43-99-52-23-6-5-22-51(50)52)78(131)110-57(28-11-17-37-87)73(126)108-60(31-20-40-97-81(92)93)76(129)106-55(26-9-15-35-85)70(123)101-47(2)67(120)113-63(44-115)65(89)118)100-69(122)54(25-8-14-34-84)105-77(130)61(32-21-41-98-82(94)95)109-74(127)58(29-12-18-38-88)111-79(132)64(45-116)114-68(121)48(3)102-71(124)56(27-10-16-36-86)104-75(128)59(30-19-39-96-80(90)91)107-72(125)53(103-49(4)117)24-7-13-33-83/h5-6,22-23,43,46-48,53-64,99,115-116H,7-21,24-42,44-45,83-88H2,1-4H3,(H2,89,118)(H,100,122)(H,101,123)(H,102,124)(H,103,117)(H,104,128)(H,105,130)(H,106,129)(H,107,125)(H,108,126)(H,109,127)(H,110,131)(H,111,132)(H,112,119)(H,113,120)(H,114,121)(H4,90,91,96)(H4,92,93,97)(H4,94,95,98)/t46-,47-,48-,53-,54-,55-,56-,57-,58-,59-,60-,61-,62-,63-,64-/m0/s1. The number of hydrogen-bond donors (Lipinski definition) is 31. The van der Waals surface area contributed by atoms with Gasteiger partial charge in [0.2, 0.25) is 94.5 Å². The number of H-pyrrole nitrogens is 1. The summed E-state index contributed by atoms with van der Waals surface area (Å²) in [5.41, 5.74) is 74.8. The quantitative estimate of drug-likeness (QED) is 0.0166. The predicted octanol–water partition coefficient (Wildman–Crippen LogP) is -10.5. The SMILES string of the molecule is CC(=O)N[C@@H](CCCCN)C(=O)N[C@@H](CCCN=C(N)N)C(=O)N[C@@H](CCCCN)C(=O)N[C@@H](C)C(=O)N[C@@H](CO)C(=O)N[C@@H](CCCCN)C(=O)N[C@@H](CCCN=C(N)N)C(=O)N[C@@H](CCCCN)C(=O)N[C@@H](C)C(=O)N[C@@H](Cc1c[nH]c2ccccc12)C(=O)N[C@@H](CCCCN)C(=O)N[C@@H](CCCN=C(N)N)C(=O)N[C@@H](CCCCN)C(=O)N[C@@H](C)C(=O)N[C@@H](CO)C(N)=O. The van der Waals surface area contributed by atoms with Gasteiger partial charge in [-0.3, -0.25) is 91.7 Å². The Balaban J connectivity index is 2.60. The van der Waals surface area contributed by atoms with Crippen LogP contribution in [0.25, 0.3) is 10.9 Å². The van der Waals surface area contributed by atoms with Crippen molar-refractivity contribution >= 4 is 123 Å². The molecule has 0 bridgehead atoms. The zero-order chi connectivity index (χ0) is 98.8. The van der Waals surface area contributed by atoms with E-state index >= 15 is 4.79 Å². The van der Waals surface area contributed by atoms with Crippen LogP contribution >= 0.6 is 0 Å². The zero-order valence-corrected chi connectivity index (χ0v) is 76.3. The van der Waals surface area contributed by atoms with Crippen molar-refractivity contribution in [1.29, 1.82) is 0 Å². The molecule has 0 aliphatic rings. The topological polar surface area (TPSA) is 885 Å². The molecule has 1 aromatic carbocycles. The summed E-state index contributed by atoms with van der Waals surface area (Å²) < 4.78 is 0. The number of fused-ring (bicyclic) bond motifs is 1. The van der Waals surface area contributed by atoms with Crippen LogP contribution in [0.1, 0.15) is 187 Å². The fourth-order valence-electron chi connectivity index (χ4n) is 13.5. The second-order valence-corrected chi connectivity index (χ2v) is 32.0. The molecular weight excluding hydrogens is 1720 g/mol. The first kappa shape index (κ1) is 116. The number of benzene rings is 1. The highest BCUT2D eigenvalue weighted by molar-refractivity contribution is 6.01. The lowest BCUT2D eigenvalue weighted by molar-refractivity contribution is -0.136. The molecule has 0 spiro atoms. The summed E-state index contributed by atoms with van der Waals surface area (Å²) in [6.45, 7) is 4.32. The van der Waals surface area contributed by atoms with Gasteiger partial charge >= 0.3 is 0 Å². The van der Waals surface area contributed by atoms with Crippen molar-refractivity contribution in [2.75, 3.05) is 72.1 Å². The molecule has 16 amide bonds. The van der Waals surface area contributed by atoms with Crippen molar-refractivity contribution in [2.24, 2.45) is 89.5 Å². The van der Waals surface area contributed by atoms with Gasteiger partial charge in [-0.25, -0.2) is 0 Å². The molecule has 44 N–H and O–H groups in total. The van der Waals surface area contributed by atoms with Crippen LogP contribution < -0.4 is 154 Å². The van der Waals surface area contributed by atoms with Gasteiger partial charge in [-0.15, -0.1) is 0 Å². The third kappa shape index (κ3) is 46.0. The van der Waals surface area contributed by atoms with Crippen molar-refractivity contribution in [2.45, 2.75) is 279 Å². The van der Waals surface area contributed by atoms with Crippen LogP contribution in [0.5, 0.6) is 0 Å². The largest absolute Gasteiger partial charge is 0.394 e. The van der Waals surface area contributed by atoms with Gasteiger partial charge in [-0.05, 0) is 226 Å². The van der Waals surface area contributed by atoms with Gasteiger partial charge in [0.25, 0.3) is 0 Å².